The fourth-order valence-electron chi connectivity index (χ4n) is 7.63. The van der Waals surface area contributed by atoms with Crippen LogP contribution in [0.2, 0.25) is 0 Å². The molecule has 0 radical (unpaired) electrons. The molecule has 0 atom stereocenters. The summed E-state index contributed by atoms with van der Waals surface area (Å²) in [5, 5.41) is 32.0. The monoisotopic (exact) mass is 909 g/mol. The molecular weight excluding hydrogens is 855 g/mol. The van der Waals surface area contributed by atoms with E-state index in [0.717, 1.165) is 93.8 Å². The quantitative estimate of drug-likeness (QED) is 0.0881. The molecule has 0 unspecified atom stereocenters. The zero-order valence-electron chi connectivity index (χ0n) is 38.9. The lowest BCUT2D eigenvalue weighted by atomic mass is 10.1. The molecule has 0 spiro atoms. The van der Waals surface area contributed by atoms with Gasteiger partial charge in [-0.15, -0.1) is 10.2 Å². The van der Waals surface area contributed by atoms with Crippen LogP contribution in [0.4, 0.5) is 23.3 Å². The standard InChI is InChI=1S/C30H32N8O.C21H23N7O/c1-21(2)22-14-30(36-32-16-22)35-29-10-9-27-28(34-29)13-23(15-31-27)24-17-33-38(18-24)12-6-11-37-19-26(20-37)39-25-7-4-3-5-8-25;1-14(2)15-9-21(27-23-11-15)26-20-5-4-18-19(25-20)8-16(10-22-18)17-12-24-28(13-17)6-7-29-3/h3-5,7-10,13-18,21,26H,6,11-12,19-20H2,1-2H3,(H,34,35,36);4-5,8-14H,6-7H2,1-3H3,(H,25,26,27). The summed E-state index contributed by atoms with van der Waals surface area (Å²) in [6.45, 7) is 13.7. The Morgan fingerprint density at radius 1 is 0.574 bits per heavy atom. The van der Waals surface area contributed by atoms with Gasteiger partial charge >= 0.3 is 0 Å². The van der Waals surface area contributed by atoms with Crippen molar-refractivity contribution in [1.29, 1.82) is 0 Å². The maximum atomic E-state index is 6.00. The zero-order chi connectivity index (χ0) is 46.8. The number of hydrogen-bond acceptors (Lipinski definition) is 15. The Morgan fingerprint density at radius 3 is 1.65 bits per heavy atom. The lowest BCUT2D eigenvalue weighted by Gasteiger charge is -2.39. The Hall–Kier alpha value is -7.76. The van der Waals surface area contributed by atoms with Crippen molar-refractivity contribution in [2.75, 3.05) is 44.0 Å². The van der Waals surface area contributed by atoms with Gasteiger partial charge in [0.15, 0.2) is 11.6 Å². The second-order valence-corrected chi connectivity index (χ2v) is 17.4. The Morgan fingerprint density at radius 2 is 1.12 bits per heavy atom. The summed E-state index contributed by atoms with van der Waals surface area (Å²) in [6, 6.07) is 25.8. The van der Waals surface area contributed by atoms with Gasteiger partial charge in [-0.25, -0.2) is 9.97 Å². The van der Waals surface area contributed by atoms with Crippen LogP contribution in [0.3, 0.4) is 0 Å². The van der Waals surface area contributed by atoms with Crippen molar-refractivity contribution >= 4 is 45.3 Å². The number of fused-ring (bicyclic) bond motifs is 2. The number of para-hydroxylation sites is 1. The van der Waals surface area contributed by atoms with Crippen LogP contribution in [0, 0.1) is 0 Å². The van der Waals surface area contributed by atoms with Crippen LogP contribution in [-0.2, 0) is 17.8 Å². The van der Waals surface area contributed by atoms with Crippen LogP contribution in [0.15, 0.2) is 128 Å². The first-order valence-corrected chi connectivity index (χ1v) is 22.9. The van der Waals surface area contributed by atoms with Gasteiger partial charge in [0, 0.05) is 80.3 Å². The van der Waals surface area contributed by atoms with Gasteiger partial charge in [0.1, 0.15) is 23.5 Å². The first-order chi connectivity index (χ1) is 33.2. The summed E-state index contributed by atoms with van der Waals surface area (Å²) in [7, 11) is 1.68. The molecule has 2 N–H and O–H groups in total. The van der Waals surface area contributed by atoms with Crippen LogP contribution < -0.4 is 15.4 Å². The summed E-state index contributed by atoms with van der Waals surface area (Å²) in [5.41, 5.74) is 9.49. The van der Waals surface area contributed by atoms with E-state index in [1.54, 1.807) is 19.5 Å². The third kappa shape index (κ3) is 11.6. The predicted octanol–water partition coefficient (Wildman–Crippen LogP) is 9.10. The number of aryl methyl sites for hydroxylation is 1. The van der Waals surface area contributed by atoms with Crippen LogP contribution in [0.25, 0.3) is 44.3 Å². The normalized spacial score (nSPS) is 12.9. The van der Waals surface area contributed by atoms with Gasteiger partial charge < -0.3 is 20.1 Å². The summed E-state index contributed by atoms with van der Waals surface area (Å²) in [4.78, 5) is 21.0. The minimum Gasteiger partial charge on any atom is -0.488 e. The number of benzene rings is 1. The molecule has 17 nitrogen and oxygen atoms in total. The number of hydrogen-bond donors (Lipinski definition) is 2. The van der Waals surface area contributed by atoms with Crippen molar-refractivity contribution in [3.63, 3.8) is 0 Å². The van der Waals surface area contributed by atoms with Gasteiger partial charge in [-0.2, -0.15) is 20.4 Å². The lowest BCUT2D eigenvalue weighted by Crippen LogP contribution is -2.53. The molecule has 17 heteroatoms. The highest BCUT2D eigenvalue weighted by Gasteiger charge is 2.27. The number of likely N-dealkylation sites (tertiary alicyclic amines) is 1. The molecule has 0 amide bonds. The number of methoxy groups -OCH3 is 1. The zero-order valence-corrected chi connectivity index (χ0v) is 38.9. The highest BCUT2D eigenvalue weighted by Crippen LogP contribution is 2.27. The van der Waals surface area contributed by atoms with E-state index in [9.17, 15) is 0 Å². The molecule has 0 bridgehead atoms. The summed E-state index contributed by atoms with van der Waals surface area (Å²) in [5.74, 6) is 4.45. The van der Waals surface area contributed by atoms with Crippen LogP contribution in [-0.4, -0.2) is 104 Å². The second-order valence-electron chi connectivity index (χ2n) is 17.4. The molecule has 346 valence electrons. The highest BCUT2D eigenvalue weighted by atomic mass is 16.5. The van der Waals surface area contributed by atoms with Crippen molar-refractivity contribution in [2.24, 2.45) is 0 Å². The van der Waals surface area contributed by atoms with E-state index in [1.165, 1.54) is 0 Å². The van der Waals surface area contributed by atoms with Gasteiger partial charge in [-0.1, -0.05) is 45.9 Å². The van der Waals surface area contributed by atoms with Gasteiger partial charge in [-0.3, -0.25) is 24.2 Å². The topological polar surface area (TPSA) is 185 Å². The summed E-state index contributed by atoms with van der Waals surface area (Å²) < 4.78 is 15.0. The van der Waals surface area contributed by atoms with Gasteiger partial charge in [0.25, 0.3) is 0 Å². The Labute approximate surface area is 395 Å². The minimum atomic E-state index is 0.284. The second kappa shape index (κ2) is 21.3. The van der Waals surface area contributed by atoms with E-state index in [0.29, 0.717) is 48.3 Å². The van der Waals surface area contributed by atoms with Crippen molar-refractivity contribution in [3.8, 4) is 28.0 Å². The van der Waals surface area contributed by atoms with Crippen molar-refractivity contribution in [2.45, 2.75) is 65.1 Å². The molecule has 68 heavy (non-hydrogen) atoms. The fraction of sp³-hybridized carbons (Fsp3) is 0.294. The number of nitrogens with zero attached hydrogens (tertiary/aromatic N) is 13. The lowest BCUT2D eigenvalue weighted by molar-refractivity contribution is 0.0186. The van der Waals surface area contributed by atoms with Crippen LogP contribution >= 0.6 is 0 Å². The van der Waals surface area contributed by atoms with E-state index < -0.39 is 0 Å². The predicted molar refractivity (Wildman–Crippen MR) is 264 cm³/mol. The van der Waals surface area contributed by atoms with Crippen LogP contribution in [0.5, 0.6) is 5.75 Å². The molecule has 10 rings (SSSR count). The SMILES string of the molecule is CC(C)c1cnnc(Nc2ccc3ncc(-c4cnn(CCCN5CC(Oc6ccccc6)C5)c4)cc3n2)c1.COCCn1cc(-c2cnc3ccc(Nc4cc(C(C)C)cnn4)nc3c2)cn1. The molecule has 1 aliphatic rings. The molecule has 1 saturated heterocycles. The third-order valence-electron chi connectivity index (χ3n) is 11.6. The third-order valence-corrected chi connectivity index (χ3v) is 11.6. The number of aromatic nitrogens is 12. The Balaban J connectivity index is 0.000000178. The van der Waals surface area contributed by atoms with Gasteiger partial charge in [0.2, 0.25) is 0 Å². The molecule has 0 saturated carbocycles. The Bertz CT molecular complexity index is 3080. The molecule has 9 heterocycles. The smallest absolute Gasteiger partial charge is 0.154 e. The van der Waals surface area contributed by atoms with Crippen LogP contribution in [0.1, 0.15) is 57.1 Å². The first kappa shape index (κ1) is 45.4. The largest absolute Gasteiger partial charge is 0.488 e. The molecule has 9 aromatic rings. The van der Waals surface area contributed by atoms with Gasteiger partial charge in [0.05, 0.1) is 60.0 Å². The first-order valence-electron chi connectivity index (χ1n) is 22.9. The minimum absolute atomic E-state index is 0.284. The van der Waals surface area contributed by atoms with E-state index in [1.807, 2.05) is 113 Å². The molecule has 0 aliphatic carbocycles. The van der Waals surface area contributed by atoms with E-state index in [4.69, 9.17) is 19.4 Å². The molecule has 8 aromatic heterocycles. The summed E-state index contributed by atoms with van der Waals surface area (Å²) in [6.07, 6.45) is 16.4. The molecular formula is C51H55N15O2. The highest BCUT2D eigenvalue weighted by molar-refractivity contribution is 5.83. The number of nitrogens with one attached hydrogen (secondary N) is 2. The Kier molecular flexibility index (Phi) is 14.2. The average Bonchev–Trinajstić information content (AvgIpc) is 4.03. The van der Waals surface area contributed by atoms with Crippen molar-refractivity contribution < 1.29 is 9.47 Å². The number of anilines is 4. The number of pyridine rings is 4. The van der Waals surface area contributed by atoms with Crippen molar-refractivity contribution in [3.05, 3.63) is 140 Å². The fourth-order valence-corrected chi connectivity index (χ4v) is 7.63. The number of ether oxygens (including phenoxy) is 2. The van der Waals surface area contributed by atoms with E-state index in [2.05, 4.69) is 96.1 Å². The van der Waals surface area contributed by atoms with Crippen molar-refractivity contribution in [1.82, 2.24) is 64.8 Å². The van der Waals surface area contributed by atoms with E-state index in [-0.39, 0.29) is 6.10 Å². The molecule has 1 aliphatic heterocycles. The summed E-state index contributed by atoms with van der Waals surface area (Å²) >= 11 is 0. The average molecular weight is 910 g/mol. The number of rotatable bonds is 17. The molecule has 1 aromatic carbocycles. The molecule has 1 fully saturated rings. The van der Waals surface area contributed by atoms with Gasteiger partial charge in [-0.05, 0) is 90.0 Å². The maximum Gasteiger partial charge on any atom is 0.154 e. The van der Waals surface area contributed by atoms with E-state index >= 15 is 0 Å². The maximum absolute atomic E-state index is 6.00.